The van der Waals surface area contributed by atoms with Crippen molar-refractivity contribution in [3.8, 4) is 0 Å². The molecule has 1 aliphatic heterocycles. The Morgan fingerprint density at radius 2 is 1.46 bits per heavy atom. The quantitative estimate of drug-likeness (QED) is 0.708. The lowest BCUT2D eigenvalue weighted by atomic mass is 10.1. The molecule has 6 nitrogen and oxygen atoms in total. The fourth-order valence-corrected chi connectivity index (χ4v) is 5.58. The highest BCUT2D eigenvalue weighted by Gasteiger charge is 2.25. The zero-order valence-electron chi connectivity index (χ0n) is 16.7. The minimum atomic E-state index is -3.43. The first kappa shape index (κ1) is 21.1. The monoisotopic (exact) mass is 407 g/mol. The SMILES string of the molecule is O=C(CNc1ccc(S(=O)(=O)N2CCCCCC2)cc1)NC1CCCCCC1. The van der Waals surface area contributed by atoms with Crippen molar-refractivity contribution in [2.75, 3.05) is 25.0 Å². The van der Waals surface area contributed by atoms with Gasteiger partial charge in [0.2, 0.25) is 15.9 Å². The van der Waals surface area contributed by atoms with E-state index in [2.05, 4.69) is 10.6 Å². The summed E-state index contributed by atoms with van der Waals surface area (Å²) >= 11 is 0. The van der Waals surface area contributed by atoms with Crippen LogP contribution >= 0.6 is 0 Å². The van der Waals surface area contributed by atoms with Gasteiger partial charge in [-0.25, -0.2) is 8.42 Å². The highest BCUT2D eigenvalue weighted by atomic mass is 32.2. The number of carbonyl (C=O) groups is 1. The molecule has 1 saturated heterocycles. The second-order valence-corrected chi connectivity index (χ2v) is 9.89. The maximum absolute atomic E-state index is 12.8. The summed E-state index contributed by atoms with van der Waals surface area (Å²) in [5.41, 5.74) is 0.755. The van der Waals surface area contributed by atoms with Crippen molar-refractivity contribution in [1.29, 1.82) is 0 Å². The number of rotatable bonds is 6. The van der Waals surface area contributed by atoms with E-state index in [-0.39, 0.29) is 18.5 Å². The first-order chi connectivity index (χ1) is 13.6. The van der Waals surface area contributed by atoms with Crippen LogP contribution in [0.25, 0.3) is 0 Å². The molecule has 0 aromatic heterocycles. The summed E-state index contributed by atoms with van der Waals surface area (Å²) in [6, 6.07) is 7.03. The van der Waals surface area contributed by atoms with Gasteiger partial charge in [0, 0.05) is 24.8 Å². The summed E-state index contributed by atoms with van der Waals surface area (Å²) in [7, 11) is -3.43. The maximum atomic E-state index is 12.8. The van der Waals surface area contributed by atoms with E-state index in [9.17, 15) is 13.2 Å². The molecule has 2 N–H and O–H groups in total. The smallest absolute Gasteiger partial charge is 0.243 e. The van der Waals surface area contributed by atoms with Gasteiger partial charge in [0.15, 0.2) is 0 Å². The number of sulfonamides is 1. The molecule has 0 radical (unpaired) electrons. The number of hydrogen-bond acceptors (Lipinski definition) is 4. The van der Waals surface area contributed by atoms with Crippen LogP contribution in [0.3, 0.4) is 0 Å². The van der Waals surface area contributed by atoms with Crippen LogP contribution in [-0.4, -0.2) is 44.3 Å². The first-order valence-electron chi connectivity index (χ1n) is 10.7. The number of anilines is 1. The Bertz CT molecular complexity index is 718. The second-order valence-electron chi connectivity index (χ2n) is 7.95. The number of benzene rings is 1. The van der Waals surface area contributed by atoms with Crippen molar-refractivity contribution in [1.82, 2.24) is 9.62 Å². The Balaban J connectivity index is 1.51. The number of nitrogens with zero attached hydrogens (tertiary/aromatic N) is 1. The summed E-state index contributed by atoms with van der Waals surface area (Å²) in [6.45, 7) is 1.40. The predicted molar refractivity (Wildman–Crippen MR) is 112 cm³/mol. The van der Waals surface area contributed by atoms with E-state index in [0.29, 0.717) is 18.0 Å². The largest absolute Gasteiger partial charge is 0.376 e. The van der Waals surface area contributed by atoms with Gasteiger partial charge in [-0.2, -0.15) is 4.31 Å². The highest BCUT2D eigenvalue weighted by molar-refractivity contribution is 7.89. The summed E-state index contributed by atoms with van der Waals surface area (Å²) in [4.78, 5) is 12.5. The Labute approximate surface area is 169 Å². The van der Waals surface area contributed by atoms with Crippen LogP contribution in [0, 0.1) is 0 Å². The van der Waals surface area contributed by atoms with Gasteiger partial charge >= 0.3 is 0 Å². The molecule has 0 bridgehead atoms. The minimum Gasteiger partial charge on any atom is -0.376 e. The lowest BCUT2D eigenvalue weighted by molar-refractivity contribution is -0.120. The van der Waals surface area contributed by atoms with E-state index < -0.39 is 10.0 Å². The van der Waals surface area contributed by atoms with Gasteiger partial charge in [-0.3, -0.25) is 4.79 Å². The highest BCUT2D eigenvalue weighted by Crippen LogP contribution is 2.22. The molecule has 156 valence electrons. The molecule has 0 unspecified atom stereocenters. The normalized spacial score (nSPS) is 20.1. The Morgan fingerprint density at radius 3 is 2.07 bits per heavy atom. The molecule has 2 fully saturated rings. The third kappa shape index (κ3) is 5.95. The fourth-order valence-electron chi connectivity index (χ4n) is 4.06. The van der Waals surface area contributed by atoms with E-state index in [0.717, 1.165) is 44.2 Å². The van der Waals surface area contributed by atoms with Crippen LogP contribution in [-0.2, 0) is 14.8 Å². The van der Waals surface area contributed by atoms with Gasteiger partial charge in [-0.15, -0.1) is 0 Å². The Hall–Kier alpha value is -1.60. The van der Waals surface area contributed by atoms with Gasteiger partial charge < -0.3 is 10.6 Å². The van der Waals surface area contributed by atoms with Crippen molar-refractivity contribution in [2.24, 2.45) is 0 Å². The summed E-state index contributed by atoms with van der Waals surface area (Å²) in [5, 5.41) is 6.21. The first-order valence-corrected chi connectivity index (χ1v) is 12.1. The third-order valence-corrected chi connectivity index (χ3v) is 7.64. The number of hydrogen-bond donors (Lipinski definition) is 2. The number of carbonyl (C=O) groups excluding carboxylic acids is 1. The topological polar surface area (TPSA) is 78.5 Å². The van der Waals surface area contributed by atoms with Gasteiger partial charge in [0.25, 0.3) is 0 Å². The van der Waals surface area contributed by atoms with Crippen molar-refractivity contribution in [3.05, 3.63) is 24.3 Å². The van der Waals surface area contributed by atoms with Crippen molar-refractivity contribution < 1.29 is 13.2 Å². The molecule has 0 atom stereocenters. The van der Waals surface area contributed by atoms with E-state index >= 15 is 0 Å². The fraction of sp³-hybridized carbons (Fsp3) is 0.667. The van der Waals surface area contributed by atoms with E-state index in [1.165, 1.54) is 25.7 Å². The average Bonchev–Trinajstić information content (AvgIpc) is 3.12. The van der Waals surface area contributed by atoms with Crippen molar-refractivity contribution >= 4 is 21.6 Å². The number of nitrogens with one attached hydrogen (secondary N) is 2. The zero-order chi connectivity index (χ0) is 19.8. The third-order valence-electron chi connectivity index (χ3n) is 5.73. The molecule has 3 rings (SSSR count). The lowest BCUT2D eigenvalue weighted by Crippen LogP contribution is -2.38. The Kier molecular flexibility index (Phi) is 7.73. The molecule has 0 spiro atoms. The van der Waals surface area contributed by atoms with Gasteiger partial charge in [-0.1, -0.05) is 38.5 Å². The summed E-state index contributed by atoms with van der Waals surface area (Å²) < 4.78 is 27.2. The van der Waals surface area contributed by atoms with E-state index in [1.807, 2.05) is 0 Å². The maximum Gasteiger partial charge on any atom is 0.243 e. The summed E-state index contributed by atoms with van der Waals surface area (Å²) in [6.07, 6.45) is 11.1. The molecule has 1 aromatic carbocycles. The molecular weight excluding hydrogens is 374 g/mol. The zero-order valence-corrected chi connectivity index (χ0v) is 17.5. The van der Waals surface area contributed by atoms with Gasteiger partial charge in [0.1, 0.15) is 0 Å². The van der Waals surface area contributed by atoms with Gasteiger partial charge in [-0.05, 0) is 49.9 Å². The molecule has 1 saturated carbocycles. The Morgan fingerprint density at radius 1 is 0.893 bits per heavy atom. The summed E-state index contributed by atoms with van der Waals surface area (Å²) in [5.74, 6) is -0.00633. The van der Waals surface area contributed by atoms with E-state index in [4.69, 9.17) is 0 Å². The molecular formula is C21H33N3O3S. The van der Waals surface area contributed by atoms with Crippen LogP contribution in [0.4, 0.5) is 5.69 Å². The van der Waals surface area contributed by atoms with Crippen molar-refractivity contribution in [2.45, 2.75) is 75.1 Å². The molecule has 1 aliphatic carbocycles. The average molecular weight is 408 g/mol. The molecule has 1 aromatic rings. The predicted octanol–water partition coefficient (Wildman–Crippen LogP) is 3.50. The molecule has 7 heteroatoms. The van der Waals surface area contributed by atoms with Gasteiger partial charge in [0.05, 0.1) is 11.4 Å². The second kappa shape index (κ2) is 10.3. The molecule has 28 heavy (non-hydrogen) atoms. The standard InChI is InChI=1S/C21H33N3O3S/c25-21(23-19-9-5-1-2-6-10-19)17-22-18-11-13-20(14-12-18)28(26,27)24-15-7-3-4-8-16-24/h11-14,19,22H,1-10,15-17H2,(H,23,25). The van der Waals surface area contributed by atoms with Crippen LogP contribution in [0.2, 0.25) is 0 Å². The van der Waals surface area contributed by atoms with E-state index in [1.54, 1.807) is 28.6 Å². The van der Waals surface area contributed by atoms with Crippen LogP contribution in [0.5, 0.6) is 0 Å². The minimum absolute atomic E-state index is 0.00633. The van der Waals surface area contributed by atoms with Crippen LogP contribution in [0.1, 0.15) is 64.2 Å². The van der Waals surface area contributed by atoms with Crippen LogP contribution < -0.4 is 10.6 Å². The lowest BCUT2D eigenvalue weighted by Gasteiger charge is -2.20. The van der Waals surface area contributed by atoms with Crippen molar-refractivity contribution in [3.63, 3.8) is 0 Å². The molecule has 1 amide bonds. The number of amides is 1. The molecule has 2 aliphatic rings. The molecule has 1 heterocycles. The van der Waals surface area contributed by atoms with Crippen LogP contribution in [0.15, 0.2) is 29.2 Å².